The first-order valence-electron chi connectivity index (χ1n) is 7.98. The van der Waals surface area contributed by atoms with Gasteiger partial charge in [-0.2, -0.15) is 0 Å². The molecule has 4 heteroatoms. The van der Waals surface area contributed by atoms with Gasteiger partial charge in [0.2, 0.25) is 0 Å². The Morgan fingerprint density at radius 3 is 2.45 bits per heavy atom. The molecule has 0 unspecified atom stereocenters. The lowest BCUT2D eigenvalue weighted by atomic mass is 10.0. The summed E-state index contributed by atoms with van der Waals surface area (Å²) in [5.74, 6) is 6.69. The molecule has 0 saturated heterocycles. The average molecular weight is 351 g/mol. The summed E-state index contributed by atoms with van der Waals surface area (Å²) in [6.07, 6.45) is 1.07. The Bertz CT molecular complexity index is 575. The van der Waals surface area contributed by atoms with Crippen molar-refractivity contribution in [2.24, 2.45) is 0 Å². The molecule has 0 N–H and O–H groups in total. The maximum absolute atomic E-state index is 5.91. The Kier molecular flexibility index (Phi) is 5.98. The molecule has 1 aliphatic rings. The van der Waals surface area contributed by atoms with Crippen molar-refractivity contribution in [3.8, 4) is 17.2 Å². The molecular formula is C18H26OS2Si. The van der Waals surface area contributed by atoms with Crippen molar-refractivity contribution < 1.29 is 4.74 Å². The quantitative estimate of drug-likeness (QED) is 0.411. The molecule has 1 heterocycles. The molecule has 0 atom stereocenters. The van der Waals surface area contributed by atoms with Crippen molar-refractivity contribution in [2.75, 3.05) is 18.1 Å². The number of hydrogen-bond acceptors (Lipinski definition) is 3. The van der Waals surface area contributed by atoms with Crippen LogP contribution in [0.1, 0.15) is 31.4 Å². The fraction of sp³-hybridized carbons (Fsp3) is 0.556. The summed E-state index contributed by atoms with van der Waals surface area (Å²) in [5.41, 5.74) is 5.93. The number of ether oxygens (including phenoxy) is 1. The lowest BCUT2D eigenvalue weighted by molar-refractivity contribution is 0.280. The zero-order valence-electron chi connectivity index (χ0n) is 14.3. The standard InChI is InChI=1S/C18H26OS2Si/c1-6-20-18(21-7-2)11-12-19-17-9-8-15(14-16(17)18)10-13-22(3,4)5/h8-9,14H,6-7,11-12H2,1-5H3. The molecule has 0 fully saturated rings. The Balaban J connectivity index is 2.44. The number of benzene rings is 1. The summed E-state index contributed by atoms with van der Waals surface area (Å²) in [6.45, 7) is 12.1. The van der Waals surface area contributed by atoms with Gasteiger partial charge in [-0.1, -0.05) is 39.4 Å². The predicted molar refractivity (Wildman–Crippen MR) is 105 cm³/mol. The minimum atomic E-state index is -1.34. The zero-order valence-corrected chi connectivity index (χ0v) is 16.9. The highest BCUT2D eigenvalue weighted by Gasteiger charge is 2.38. The third kappa shape index (κ3) is 4.28. The van der Waals surface area contributed by atoms with E-state index < -0.39 is 8.07 Å². The van der Waals surface area contributed by atoms with Crippen LogP contribution in [0.2, 0.25) is 19.6 Å². The van der Waals surface area contributed by atoms with Gasteiger partial charge in [0.25, 0.3) is 0 Å². The van der Waals surface area contributed by atoms with Crippen molar-refractivity contribution in [3.05, 3.63) is 29.3 Å². The number of rotatable bonds is 4. The minimum Gasteiger partial charge on any atom is -0.493 e. The average Bonchev–Trinajstić information content (AvgIpc) is 2.45. The van der Waals surface area contributed by atoms with Gasteiger partial charge >= 0.3 is 0 Å². The van der Waals surface area contributed by atoms with Gasteiger partial charge in [0.05, 0.1) is 10.7 Å². The zero-order chi connectivity index (χ0) is 16.2. The van der Waals surface area contributed by atoms with Crippen LogP contribution < -0.4 is 4.74 Å². The van der Waals surface area contributed by atoms with Gasteiger partial charge in [0.15, 0.2) is 0 Å². The molecule has 0 spiro atoms. The van der Waals surface area contributed by atoms with E-state index in [0.29, 0.717) is 0 Å². The summed E-state index contributed by atoms with van der Waals surface area (Å²) < 4.78 is 6.04. The fourth-order valence-corrected chi connectivity index (χ4v) is 6.11. The predicted octanol–water partition coefficient (Wildman–Crippen LogP) is 5.36. The molecule has 0 aromatic heterocycles. The number of hydrogen-bond donors (Lipinski definition) is 0. The summed E-state index contributed by atoms with van der Waals surface area (Å²) in [6, 6.07) is 6.49. The molecule has 0 aliphatic carbocycles. The van der Waals surface area contributed by atoms with Crippen LogP contribution in [0.25, 0.3) is 0 Å². The van der Waals surface area contributed by atoms with Gasteiger partial charge < -0.3 is 4.74 Å². The van der Waals surface area contributed by atoms with E-state index in [1.165, 1.54) is 5.56 Å². The molecule has 120 valence electrons. The molecule has 0 amide bonds. The Morgan fingerprint density at radius 1 is 1.18 bits per heavy atom. The number of fused-ring (bicyclic) bond motifs is 1. The van der Waals surface area contributed by atoms with Crippen molar-refractivity contribution in [1.82, 2.24) is 0 Å². The van der Waals surface area contributed by atoms with Crippen LogP contribution in [-0.4, -0.2) is 26.2 Å². The van der Waals surface area contributed by atoms with Crippen molar-refractivity contribution in [2.45, 2.75) is 44.0 Å². The molecule has 0 saturated carbocycles. The summed E-state index contributed by atoms with van der Waals surface area (Å²) >= 11 is 4.09. The van der Waals surface area contributed by atoms with Gasteiger partial charge in [0.1, 0.15) is 13.8 Å². The second-order valence-electron chi connectivity index (χ2n) is 6.43. The topological polar surface area (TPSA) is 9.23 Å². The molecule has 1 nitrogen and oxygen atoms in total. The van der Waals surface area contributed by atoms with Gasteiger partial charge in [-0.25, -0.2) is 0 Å². The van der Waals surface area contributed by atoms with Crippen LogP contribution in [0.5, 0.6) is 5.75 Å². The Morgan fingerprint density at radius 2 is 1.86 bits per heavy atom. The van der Waals surface area contributed by atoms with E-state index in [2.05, 4.69) is 63.2 Å². The van der Waals surface area contributed by atoms with Gasteiger partial charge in [-0.05, 0) is 29.7 Å². The lowest BCUT2D eigenvalue weighted by Gasteiger charge is -2.37. The molecule has 22 heavy (non-hydrogen) atoms. The first-order valence-corrected chi connectivity index (χ1v) is 13.5. The van der Waals surface area contributed by atoms with Gasteiger partial charge in [-0.15, -0.1) is 29.1 Å². The molecule has 1 aromatic carbocycles. The van der Waals surface area contributed by atoms with Crippen LogP contribution >= 0.6 is 23.5 Å². The maximum atomic E-state index is 5.91. The van der Waals surface area contributed by atoms with Crippen LogP contribution in [0.4, 0.5) is 0 Å². The first kappa shape index (κ1) is 17.8. The van der Waals surface area contributed by atoms with Crippen LogP contribution in [-0.2, 0) is 4.08 Å². The maximum Gasteiger partial charge on any atom is 0.129 e. The third-order valence-electron chi connectivity index (χ3n) is 3.42. The van der Waals surface area contributed by atoms with Crippen molar-refractivity contribution >= 4 is 31.6 Å². The number of thioether (sulfide) groups is 2. The largest absolute Gasteiger partial charge is 0.493 e. The first-order chi connectivity index (χ1) is 10.4. The molecular weight excluding hydrogens is 324 g/mol. The van der Waals surface area contributed by atoms with Crippen LogP contribution in [0.15, 0.2) is 18.2 Å². The van der Waals surface area contributed by atoms with Crippen molar-refractivity contribution in [3.63, 3.8) is 0 Å². The molecule has 1 aliphatic heterocycles. The monoisotopic (exact) mass is 350 g/mol. The highest BCUT2D eigenvalue weighted by atomic mass is 32.2. The van der Waals surface area contributed by atoms with Crippen LogP contribution in [0.3, 0.4) is 0 Å². The van der Waals surface area contributed by atoms with E-state index in [4.69, 9.17) is 4.74 Å². The van der Waals surface area contributed by atoms with Crippen LogP contribution in [0, 0.1) is 11.5 Å². The summed E-state index contributed by atoms with van der Waals surface area (Å²) in [5, 5.41) is 0. The van der Waals surface area contributed by atoms with E-state index in [0.717, 1.165) is 35.8 Å². The molecule has 0 bridgehead atoms. The Labute approximate surface area is 145 Å². The smallest absolute Gasteiger partial charge is 0.129 e. The second kappa shape index (κ2) is 7.38. The molecule has 0 radical (unpaired) electrons. The SMILES string of the molecule is CCSC1(SCC)CCOc2ccc(C#C[Si](C)(C)C)cc21. The molecule has 2 rings (SSSR count). The fourth-order valence-electron chi connectivity index (χ4n) is 2.53. The summed E-state index contributed by atoms with van der Waals surface area (Å²) in [7, 11) is -1.34. The van der Waals surface area contributed by atoms with E-state index in [1.807, 2.05) is 23.5 Å². The Hall–Kier alpha value is -0.503. The van der Waals surface area contributed by atoms with E-state index in [-0.39, 0.29) is 4.08 Å². The lowest BCUT2D eigenvalue weighted by Crippen LogP contribution is -2.27. The van der Waals surface area contributed by atoms with Gasteiger partial charge in [-0.3, -0.25) is 0 Å². The van der Waals surface area contributed by atoms with E-state index >= 15 is 0 Å². The minimum absolute atomic E-state index is 0.133. The van der Waals surface area contributed by atoms with Crippen molar-refractivity contribution in [1.29, 1.82) is 0 Å². The molecule has 1 aromatic rings. The van der Waals surface area contributed by atoms with E-state index in [1.54, 1.807) is 0 Å². The van der Waals surface area contributed by atoms with E-state index in [9.17, 15) is 0 Å². The van der Waals surface area contributed by atoms with Gasteiger partial charge in [0, 0.05) is 17.5 Å². The second-order valence-corrected chi connectivity index (χ2v) is 14.6. The third-order valence-corrected chi connectivity index (χ3v) is 7.36. The normalized spacial score (nSPS) is 16.2. The summed E-state index contributed by atoms with van der Waals surface area (Å²) in [4.78, 5) is 0. The highest BCUT2D eigenvalue weighted by Crippen LogP contribution is 2.54. The highest BCUT2D eigenvalue weighted by molar-refractivity contribution is 8.17.